The maximum Gasteiger partial charge on any atom is 0.326 e. The average Bonchev–Trinajstić information content (AvgIpc) is 2.81. The first-order valence-electron chi connectivity index (χ1n) is 10.0. The van der Waals surface area contributed by atoms with Gasteiger partial charge in [-0.15, -0.1) is 0 Å². The number of carbonyl (C=O) groups is 4. The first kappa shape index (κ1) is 26.2. The molecular formula is C22H22F3N3O6. The molecule has 0 aliphatic rings. The molecule has 2 rings (SSSR count). The van der Waals surface area contributed by atoms with Gasteiger partial charge in [0.15, 0.2) is 23.6 Å². The van der Waals surface area contributed by atoms with Gasteiger partial charge in [-0.25, -0.2) is 13.2 Å². The van der Waals surface area contributed by atoms with Gasteiger partial charge in [0.1, 0.15) is 12.3 Å². The second-order valence-corrected chi connectivity index (χ2v) is 6.73. The van der Waals surface area contributed by atoms with Gasteiger partial charge in [-0.05, 0) is 38.1 Å². The number of amides is 3. The highest BCUT2D eigenvalue weighted by molar-refractivity contribution is 5.98. The first-order chi connectivity index (χ1) is 16.1. The van der Waals surface area contributed by atoms with Crippen molar-refractivity contribution >= 4 is 29.4 Å². The fraction of sp³-hybridized carbons (Fsp3) is 0.273. The highest BCUT2D eigenvalue weighted by Crippen LogP contribution is 2.19. The van der Waals surface area contributed by atoms with E-state index in [1.807, 2.05) is 5.32 Å². The lowest BCUT2D eigenvalue weighted by atomic mass is 10.2. The van der Waals surface area contributed by atoms with Crippen LogP contribution < -0.4 is 20.7 Å². The molecule has 0 aromatic heterocycles. The maximum absolute atomic E-state index is 13.6. The molecule has 182 valence electrons. The Bertz CT molecular complexity index is 1080. The van der Waals surface area contributed by atoms with Crippen LogP contribution in [0.15, 0.2) is 36.4 Å². The van der Waals surface area contributed by atoms with Gasteiger partial charge in [0.25, 0.3) is 11.8 Å². The van der Waals surface area contributed by atoms with Crippen molar-refractivity contribution in [1.29, 1.82) is 0 Å². The summed E-state index contributed by atoms with van der Waals surface area (Å²) in [5.74, 6) is -7.72. The highest BCUT2D eigenvalue weighted by Gasteiger charge is 2.21. The fourth-order valence-electron chi connectivity index (χ4n) is 2.60. The molecule has 3 N–H and O–H groups in total. The molecule has 0 aliphatic heterocycles. The van der Waals surface area contributed by atoms with E-state index in [4.69, 9.17) is 9.47 Å². The molecule has 3 amide bonds. The van der Waals surface area contributed by atoms with E-state index < -0.39 is 66.0 Å². The molecule has 0 spiro atoms. The SMILES string of the molecule is CCOc1ccccc1C(=O)NCC(=O)OC(C)C(=O)NCC(=O)Nc1ccc(F)c(F)c1F. The zero-order chi connectivity index (χ0) is 25.3. The van der Waals surface area contributed by atoms with E-state index in [1.54, 1.807) is 25.1 Å². The van der Waals surface area contributed by atoms with Crippen molar-refractivity contribution in [3.05, 3.63) is 59.4 Å². The van der Waals surface area contributed by atoms with Crippen LogP contribution in [0, 0.1) is 17.5 Å². The van der Waals surface area contributed by atoms with Crippen LogP contribution in [0.3, 0.4) is 0 Å². The topological polar surface area (TPSA) is 123 Å². The zero-order valence-corrected chi connectivity index (χ0v) is 18.2. The molecule has 0 saturated carbocycles. The molecule has 0 aliphatic carbocycles. The molecule has 0 heterocycles. The van der Waals surface area contributed by atoms with Crippen LogP contribution in [0.1, 0.15) is 24.2 Å². The average molecular weight is 481 g/mol. The summed E-state index contributed by atoms with van der Waals surface area (Å²) in [4.78, 5) is 48.1. The molecule has 1 atom stereocenters. The summed E-state index contributed by atoms with van der Waals surface area (Å²) < 4.78 is 49.9. The Kier molecular flexibility index (Phi) is 9.41. The Morgan fingerprint density at radius 3 is 2.35 bits per heavy atom. The number of hydrogen-bond donors (Lipinski definition) is 3. The fourth-order valence-corrected chi connectivity index (χ4v) is 2.60. The van der Waals surface area contributed by atoms with E-state index in [0.717, 1.165) is 6.07 Å². The van der Waals surface area contributed by atoms with Crippen LogP contribution >= 0.6 is 0 Å². The van der Waals surface area contributed by atoms with Crippen LogP contribution in [0.25, 0.3) is 0 Å². The Morgan fingerprint density at radius 2 is 1.65 bits per heavy atom. The quantitative estimate of drug-likeness (QED) is 0.352. The molecule has 0 fully saturated rings. The van der Waals surface area contributed by atoms with Gasteiger partial charge in [0.05, 0.1) is 24.4 Å². The second-order valence-electron chi connectivity index (χ2n) is 6.73. The van der Waals surface area contributed by atoms with Gasteiger partial charge >= 0.3 is 5.97 Å². The summed E-state index contributed by atoms with van der Waals surface area (Å²) in [5.41, 5.74) is -0.397. The predicted molar refractivity (Wildman–Crippen MR) is 113 cm³/mol. The molecule has 34 heavy (non-hydrogen) atoms. The molecule has 9 nitrogen and oxygen atoms in total. The number of hydrogen-bond acceptors (Lipinski definition) is 6. The van der Waals surface area contributed by atoms with Crippen LogP contribution in [-0.4, -0.2) is 49.5 Å². The summed E-state index contributed by atoms with van der Waals surface area (Å²) >= 11 is 0. The highest BCUT2D eigenvalue weighted by atomic mass is 19.2. The Labute approximate surface area is 192 Å². The minimum Gasteiger partial charge on any atom is -0.493 e. The number of rotatable bonds is 10. The number of benzene rings is 2. The summed E-state index contributed by atoms with van der Waals surface area (Å²) in [7, 11) is 0. The van der Waals surface area contributed by atoms with Crippen molar-refractivity contribution in [2.45, 2.75) is 20.0 Å². The second kappa shape index (κ2) is 12.2. The molecule has 12 heteroatoms. The number of halogens is 3. The zero-order valence-electron chi connectivity index (χ0n) is 18.2. The third-order valence-corrected chi connectivity index (χ3v) is 4.23. The Morgan fingerprint density at radius 1 is 0.941 bits per heavy atom. The first-order valence-corrected chi connectivity index (χ1v) is 10.0. The summed E-state index contributed by atoms with van der Waals surface area (Å²) in [5, 5.41) is 6.47. The number of nitrogens with one attached hydrogen (secondary N) is 3. The monoisotopic (exact) mass is 481 g/mol. The van der Waals surface area contributed by atoms with E-state index in [2.05, 4.69) is 10.6 Å². The minimum absolute atomic E-state index is 0.214. The van der Waals surface area contributed by atoms with Gasteiger partial charge in [-0.1, -0.05) is 12.1 Å². The molecule has 0 radical (unpaired) electrons. The van der Waals surface area contributed by atoms with E-state index in [9.17, 15) is 32.3 Å². The lowest BCUT2D eigenvalue weighted by molar-refractivity contribution is -0.153. The van der Waals surface area contributed by atoms with Crippen molar-refractivity contribution in [3.63, 3.8) is 0 Å². The Hall–Kier alpha value is -4.09. The molecule has 0 saturated heterocycles. The number of anilines is 1. The summed E-state index contributed by atoms with van der Waals surface area (Å²) in [6, 6.07) is 7.87. The maximum atomic E-state index is 13.6. The van der Waals surface area contributed by atoms with Crippen molar-refractivity contribution in [2.24, 2.45) is 0 Å². The number of carbonyl (C=O) groups excluding carboxylic acids is 4. The van der Waals surface area contributed by atoms with E-state index in [-0.39, 0.29) is 5.56 Å². The summed E-state index contributed by atoms with van der Waals surface area (Å²) in [6.07, 6.45) is -1.33. The lowest BCUT2D eigenvalue weighted by Gasteiger charge is -2.14. The van der Waals surface area contributed by atoms with Crippen LogP contribution in [0.4, 0.5) is 18.9 Å². The standard InChI is InChI=1S/C22H22F3N3O6/c1-3-33-16-7-5-4-6-13(16)22(32)27-11-18(30)34-12(2)21(31)26-10-17(29)28-15-9-8-14(23)19(24)20(15)25/h4-9,12H,3,10-11H2,1-2H3,(H,26,31)(H,27,32)(H,28,29). The smallest absolute Gasteiger partial charge is 0.326 e. The predicted octanol–water partition coefficient (Wildman–Crippen LogP) is 1.92. The van der Waals surface area contributed by atoms with Crippen molar-refractivity contribution in [2.75, 3.05) is 25.0 Å². The van der Waals surface area contributed by atoms with Gasteiger partial charge in [-0.3, -0.25) is 19.2 Å². The van der Waals surface area contributed by atoms with E-state index >= 15 is 0 Å². The molecule has 2 aromatic rings. The molecule has 2 aromatic carbocycles. The largest absolute Gasteiger partial charge is 0.493 e. The van der Waals surface area contributed by atoms with Crippen LogP contribution in [0.2, 0.25) is 0 Å². The van der Waals surface area contributed by atoms with E-state index in [0.29, 0.717) is 18.4 Å². The van der Waals surface area contributed by atoms with Gasteiger partial charge in [0.2, 0.25) is 5.91 Å². The van der Waals surface area contributed by atoms with Crippen molar-refractivity contribution in [3.8, 4) is 5.75 Å². The normalized spacial score (nSPS) is 11.2. The van der Waals surface area contributed by atoms with Crippen molar-refractivity contribution < 1.29 is 41.8 Å². The third-order valence-electron chi connectivity index (χ3n) is 4.23. The lowest BCUT2D eigenvalue weighted by Crippen LogP contribution is -2.41. The molecule has 0 bridgehead atoms. The van der Waals surface area contributed by atoms with Gasteiger partial charge in [-0.2, -0.15) is 0 Å². The van der Waals surface area contributed by atoms with E-state index in [1.165, 1.54) is 13.0 Å². The Balaban J connectivity index is 1.78. The summed E-state index contributed by atoms with van der Waals surface area (Å²) in [6.45, 7) is 2.12. The molecular weight excluding hydrogens is 459 g/mol. The van der Waals surface area contributed by atoms with Crippen LogP contribution in [0.5, 0.6) is 5.75 Å². The molecule has 1 unspecified atom stereocenters. The van der Waals surface area contributed by atoms with Gasteiger partial charge < -0.3 is 25.4 Å². The number of esters is 1. The van der Waals surface area contributed by atoms with Crippen LogP contribution in [-0.2, 0) is 19.1 Å². The van der Waals surface area contributed by atoms with Crippen molar-refractivity contribution in [1.82, 2.24) is 10.6 Å². The number of para-hydroxylation sites is 1. The van der Waals surface area contributed by atoms with Gasteiger partial charge in [0, 0.05) is 0 Å². The third kappa shape index (κ3) is 7.22. The number of ether oxygens (including phenoxy) is 2. The minimum atomic E-state index is -1.75.